The molecule has 0 aromatic rings. The van der Waals surface area contributed by atoms with Crippen molar-refractivity contribution < 1.29 is 0 Å². The average molecular weight is 212 g/mol. The second-order valence-corrected chi connectivity index (χ2v) is 5.80. The van der Waals surface area contributed by atoms with Crippen molar-refractivity contribution in [1.29, 1.82) is 0 Å². The van der Waals surface area contributed by atoms with Crippen LogP contribution in [0.5, 0.6) is 0 Å². The molecule has 0 bridgehead atoms. The van der Waals surface area contributed by atoms with E-state index in [1.165, 1.54) is 32.1 Å². The minimum Gasteiger partial charge on any atom is -0.0654 e. The Bertz CT molecular complexity index is 137. The molecule has 3 atom stereocenters. The molecule has 0 saturated carbocycles. The first-order chi connectivity index (χ1) is 7.02. The van der Waals surface area contributed by atoms with E-state index in [1.54, 1.807) is 0 Å². The highest BCUT2D eigenvalue weighted by molar-refractivity contribution is 4.73. The lowest BCUT2D eigenvalue weighted by Gasteiger charge is -2.30. The van der Waals surface area contributed by atoms with Crippen molar-refractivity contribution >= 4 is 0 Å². The summed E-state index contributed by atoms with van der Waals surface area (Å²) in [5.41, 5.74) is 0. The van der Waals surface area contributed by atoms with Crippen molar-refractivity contribution in [2.24, 2.45) is 23.7 Å². The highest BCUT2D eigenvalue weighted by Gasteiger charge is 2.22. The van der Waals surface area contributed by atoms with Crippen LogP contribution in [-0.4, -0.2) is 0 Å². The Morgan fingerprint density at radius 2 is 1.47 bits per heavy atom. The molecule has 0 aliphatic heterocycles. The molecule has 0 fully saturated rings. The van der Waals surface area contributed by atoms with E-state index >= 15 is 0 Å². The lowest BCUT2D eigenvalue weighted by Crippen LogP contribution is -2.21. The molecule has 0 radical (unpaired) electrons. The normalized spacial score (nSPS) is 17.8. The van der Waals surface area contributed by atoms with Crippen LogP contribution in [0, 0.1) is 23.7 Å². The standard InChI is InChI=1S/C15H32/c1-7-9-10-14(6)15(11-12(3)4)13(5)8-2/h12-15H,7-11H2,1-6H3. The van der Waals surface area contributed by atoms with Crippen molar-refractivity contribution in [3.63, 3.8) is 0 Å². The molecule has 0 spiro atoms. The van der Waals surface area contributed by atoms with E-state index in [-0.39, 0.29) is 0 Å². The van der Waals surface area contributed by atoms with Gasteiger partial charge in [0.05, 0.1) is 0 Å². The first-order valence-electron chi connectivity index (χ1n) is 7.02. The second-order valence-electron chi connectivity index (χ2n) is 5.80. The zero-order valence-electron chi connectivity index (χ0n) is 11.8. The van der Waals surface area contributed by atoms with Crippen molar-refractivity contribution in [2.75, 3.05) is 0 Å². The summed E-state index contributed by atoms with van der Waals surface area (Å²) in [5, 5.41) is 0. The van der Waals surface area contributed by atoms with Crippen molar-refractivity contribution in [2.45, 2.75) is 73.6 Å². The number of hydrogen-bond acceptors (Lipinski definition) is 0. The fourth-order valence-electron chi connectivity index (χ4n) is 2.61. The molecule has 0 saturated heterocycles. The molecule has 0 nitrogen and oxygen atoms in total. The van der Waals surface area contributed by atoms with Crippen molar-refractivity contribution in [1.82, 2.24) is 0 Å². The van der Waals surface area contributed by atoms with Gasteiger partial charge < -0.3 is 0 Å². The summed E-state index contributed by atoms with van der Waals surface area (Å²) < 4.78 is 0. The molecule has 0 heteroatoms. The van der Waals surface area contributed by atoms with Crippen LogP contribution in [0.2, 0.25) is 0 Å². The van der Waals surface area contributed by atoms with Crippen LogP contribution < -0.4 is 0 Å². The quantitative estimate of drug-likeness (QED) is 0.497. The number of rotatable bonds is 8. The van der Waals surface area contributed by atoms with Gasteiger partial charge in [-0.15, -0.1) is 0 Å². The molecule has 3 unspecified atom stereocenters. The van der Waals surface area contributed by atoms with Crippen LogP contribution in [0.1, 0.15) is 73.6 Å². The lowest BCUT2D eigenvalue weighted by molar-refractivity contribution is 0.198. The van der Waals surface area contributed by atoms with Crippen molar-refractivity contribution in [3.8, 4) is 0 Å². The largest absolute Gasteiger partial charge is 0.0654 e. The summed E-state index contributed by atoms with van der Waals surface area (Å²) in [6, 6.07) is 0. The molecule has 0 rings (SSSR count). The van der Waals surface area contributed by atoms with E-state index in [4.69, 9.17) is 0 Å². The Kier molecular flexibility index (Phi) is 8.19. The van der Waals surface area contributed by atoms with Crippen LogP contribution in [0.25, 0.3) is 0 Å². The molecule has 0 N–H and O–H groups in total. The third-order valence-corrected chi connectivity index (χ3v) is 3.86. The number of unbranched alkanes of at least 4 members (excludes halogenated alkanes) is 1. The Hall–Kier alpha value is 0. The van der Waals surface area contributed by atoms with Gasteiger partial charge >= 0.3 is 0 Å². The zero-order chi connectivity index (χ0) is 11.8. The molecule has 0 amide bonds. The summed E-state index contributed by atoms with van der Waals surface area (Å²) in [5.74, 6) is 3.62. The lowest BCUT2D eigenvalue weighted by atomic mass is 9.75. The summed E-state index contributed by atoms with van der Waals surface area (Å²) >= 11 is 0. The maximum atomic E-state index is 2.47. The van der Waals surface area contributed by atoms with Crippen molar-refractivity contribution in [3.05, 3.63) is 0 Å². The smallest absolute Gasteiger partial charge is 0.0360 e. The summed E-state index contributed by atoms with van der Waals surface area (Å²) in [6.07, 6.45) is 6.94. The Morgan fingerprint density at radius 3 is 1.87 bits per heavy atom. The Morgan fingerprint density at radius 1 is 0.867 bits per heavy atom. The van der Waals surface area contributed by atoms with Gasteiger partial charge in [0, 0.05) is 0 Å². The van der Waals surface area contributed by atoms with E-state index < -0.39 is 0 Å². The number of hydrogen-bond donors (Lipinski definition) is 0. The van der Waals surface area contributed by atoms with Gasteiger partial charge in [-0.25, -0.2) is 0 Å². The van der Waals surface area contributed by atoms with Gasteiger partial charge in [-0.05, 0) is 30.1 Å². The highest BCUT2D eigenvalue weighted by atomic mass is 14.3. The predicted molar refractivity (Wildman–Crippen MR) is 71.1 cm³/mol. The van der Waals surface area contributed by atoms with Gasteiger partial charge in [-0.2, -0.15) is 0 Å². The topological polar surface area (TPSA) is 0 Å². The van der Waals surface area contributed by atoms with E-state index in [0.717, 1.165) is 23.7 Å². The molecular weight excluding hydrogens is 180 g/mol. The average Bonchev–Trinajstić information content (AvgIpc) is 2.21. The van der Waals surface area contributed by atoms with Gasteiger partial charge in [0.2, 0.25) is 0 Å². The van der Waals surface area contributed by atoms with E-state index in [9.17, 15) is 0 Å². The van der Waals surface area contributed by atoms with Gasteiger partial charge in [-0.3, -0.25) is 0 Å². The van der Waals surface area contributed by atoms with Crippen LogP contribution in [0.3, 0.4) is 0 Å². The fourth-order valence-corrected chi connectivity index (χ4v) is 2.61. The monoisotopic (exact) mass is 212 g/mol. The minimum absolute atomic E-state index is 0.855. The van der Waals surface area contributed by atoms with Gasteiger partial charge in [0.1, 0.15) is 0 Å². The van der Waals surface area contributed by atoms with Gasteiger partial charge in [0.15, 0.2) is 0 Å². The molecule has 0 aromatic heterocycles. The molecule has 0 aromatic carbocycles. The van der Waals surface area contributed by atoms with Crippen LogP contribution in [0.4, 0.5) is 0 Å². The maximum absolute atomic E-state index is 2.47. The molecule has 0 heterocycles. The van der Waals surface area contributed by atoms with E-state index in [1.807, 2.05) is 0 Å². The van der Waals surface area contributed by atoms with Crippen LogP contribution in [-0.2, 0) is 0 Å². The molecule has 92 valence electrons. The van der Waals surface area contributed by atoms with E-state index in [0.29, 0.717) is 0 Å². The minimum atomic E-state index is 0.855. The maximum Gasteiger partial charge on any atom is -0.0360 e. The molecule has 0 aliphatic carbocycles. The van der Waals surface area contributed by atoms with E-state index in [2.05, 4.69) is 41.5 Å². The Labute approximate surface area is 97.8 Å². The third kappa shape index (κ3) is 6.22. The highest BCUT2D eigenvalue weighted by Crippen LogP contribution is 2.32. The molecule has 15 heavy (non-hydrogen) atoms. The van der Waals surface area contributed by atoms with Gasteiger partial charge in [-0.1, -0.05) is 67.2 Å². The third-order valence-electron chi connectivity index (χ3n) is 3.86. The first kappa shape index (κ1) is 15.0. The zero-order valence-corrected chi connectivity index (χ0v) is 11.8. The SMILES string of the molecule is CCCCC(C)C(CC(C)C)C(C)CC. The summed E-state index contributed by atoms with van der Waals surface area (Å²) in [7, 11) is 0. The van der Waals surface area contributed by atoms with Crippen LogP contribution >= 0.6 is 0 Å². The molecule has 0 aliphatic rings. The Balaban J connectivity index is 4.20. The summed E-state index contributed by atoms with van der Waals surface area (Å²) in [4.78, 5) is 0. The predicted octanol–water partition coefficient (Wildman–Crippen LogP) is 5.52. The second kappa shape index (κ2) is 8.19. The fraction of sp³-hybridized carbons (Fsp3) is 1.00. The summed E-state index contributed by atoms with van der Waals surface area (Å²) in [6.45, 7) is 14.3. The van der Waals surface area contributed by atoms with Crippen LogP contribution in [0.15, 0.2) is 0 Å². The first-order valence-corrected chi connectivity index (χ1v) is 7.02. The van der Waals surface area contributed by atoms with Gasteiger partial charge in [0.25, 0.3) is 0 Å². The molecular formula is C15H32.